The lowest BCUT2D eigenvalue weighted by Crippen LogP contribution is -1.78. The lowest BCUT2D eigenvalue weighted by atomic mass is 10.4. The van der Waals surface area contributed by atoms with Gasteiger partial charge in [-0.1, -0.05) is 57.7 Å². The predicted octanol–water partition coefficient (Wildman–Crippen LogP) is 4.38. The van der Waals surface area contributed by atoms with Crippen LogP contribution in [0.2, 0.25) is 0 Å². The number of hydrogen-bond donors (Lipinski definition) is 0. The van der Waals surface area contributed by atoms with Crippen molar-refractivity contribution in [3.63, 3.8) is 0 Å². The number of benzene rings is 1. The second kappa shape index (κ2) is 10.3. The molecule has 2 heteroatoms. The molecule has 14 heavy (non-hydrogen) atoms. The normalized spacial score (nSPS) is 7.93. The molecule has 1 nitrogen and oxygen atoms in total. The van der Waals surface area contributed by atoms with E-state index < -0.39 is 0 Å². The number of carbonyl (C=O) groups excluding carboxylic acids is 1. The Labute approximate surface area is 91.9 Å². The van der Waals surface area contributed by atoms with Crippen molar-refractivity contribution in [3.05, 3.63) is 30.3 Å². The second-order valence-electron chi connectivity index (χ2n) is 2.61. The minimum Gasteiger partial charge on any atom is -0.287 e. The fourth-order valence-corrected chi connectivity index (χ4v) is 1.28. The van der Waals surface area contributed by atoms with Crippen LogP contribution in [0.15, 0.2) is 35.2 Å². The first kappa shape index (κ1) is 15.7. The van der Waals surface area contributed by atoms with E-state index in [0.29, 0.717) is 0 Å². The van der Waals surface area contributed by atoms with Crippen molar-refractivity contribution >= 4 is 16.9 Å². The molecule has 1 aromatic rings. The smallest absolute Gasteiger partial charge is 0.190 e. The van der Waals surface area contributed by atoms with Gasteiger partial charge < -0.3 is 0 Å². The van der Waals surface area contributed by atoms with Crippen LogP contribution in [0.5, 0.6) is 0 Å². The van der Waals surface area contributed by atoms with E-state index in [1.807, 2.05) is 30.3 Å². The summed E-state index contributed by atoms with van der Waals surface area (Å²) in [5, 5.41) is 0.131. The van der Waals surface area contributed by atoms with Gasteiger partial charge in [-0.05, 0) is 12.1 Å². The van der Waals surface area contributed by atoms with Crippen LogP contribution in [-0.2, 0) is 4.79 Å². The molecular weight excluding hydrogens is 192 g/mol. The van der Waals surface area contributed by atoms with E-state index in [2.05, 4.69) is 13.8 Å². The van der Waals surface area contributed by atoms with Crippen molar-refractivity contribution < 1.29 is 4.79 Å². The zero-order valence-electron chi connectivity index (χ0n) is 8.41. The van der Waals surface area contributed by atoms with Crippen molar-refractivity contribution in [2.45, 2.75) is 39.5 Å². The number of thioether (sulfide) groups is 1. The Hall–Kier alpha value is -0.760. The van der Waals surface area contributed by atoms with Crippen LogP contribution in [0.3, 0.4) is 0 Å². The molecule has 80 valence electrons. The largest absolute Gasteiger partial charge is 0.287 e. The summed E-state index contributed by atoms with van der Waals surface area (Å²) in [7, 11) is 0. The highest BCUT2D eigenvalue weighted by atomic mass is 32.2. The average molecular weight is 212 g/mol. The van der Waals surface area contributed by atoms with E-state index in [1.165, 1.54) is 18.2 Å². The van der Waals surface area contributed by atoms with Crippen LogP contribution in [0.25, 0.3) is 0 Å². The van der Waals surface area contributed by atoms with E-state index in [4.69, 9.17) is 0 Å². The molecule has 0 bridgehead atoms. The summed E-state index contributed by atoms with van der Waals surface area (Å²) < 4.78 is 0. The van der Waals surface area contributed by atoms with Gasteiger partial charge in [-0.2, -0.15) is 0 Å². The zero-order chi connectivity index (χ0) is 10.1. The molecule has 0 saturated heterocycles. The highest BCUT2D eigenvalue weighted by Crippen LogP contribution is 2.16. The number of hydrogen-bond acceptors (Lipinski definition) is 2. The van der Waals surface area contributed by atoms with Gasteiger partial charge in [0, 0.05) is 11.8 Å². The summed E-state index contributed by atoms with van der Waals surface area (Å²) in [5.74, 6) is 0. The summed E-state index contributed by atoms with van der Waals surface area (Å²) in [6.07, 6.45) is 1.25. The predicted molar refractivity (Wildman–Crippen MR) is 65.7 cm³/mol. The van der Waals surface area contributed by atoms with Crippen molar-refractivity contribution in [1.82, 2.24) is 0 Å². The molecule has 1 rings (SSSR count). The Kier molecular flexibility index (Phi) is 11.6. The molecule has 0 saturated carbocycles. The molecule has 1 aromatic carbocycles. The number of rotatable bonds is 1. The summed E-state index contributed by atoms with van der Waals surface area (Å²) in [5.41, 5.74) is 0. The van der Waals surface area contributed by atoms with Crippen molar-refractivity contribution in [3.8, 4) is 0 Å². The van der Waals surface area contributed by atoms with Gasteiger partial charge in [0.2, 0.25) is 0 Å². The molecule has 0 fully saturated rings. The average Bonchev–Trinajstić information content (AvgIpc) is 2.06. The van der Waals surface area contributed by atoms with Gasteiger partial charge in [0.05, 0.1) is 0 Å². The quantitative estimate of drug-likeness (QED) is 0.643. The molecule has 0 aromatic heterocycles. The first-order valence-electron chi connectivity index (χ1n) is 4.44. The Balaban J connectivity index is 0. The van der Waals surface area contributed by atoms with Crippen molar-refractivity contribution in [2.24, 2.45) is 0 Å². The minimum atomic E-state index is 0. The van der Waals surface area contributed by atoms with Gasteiger partial charge in [0.25, 0.3) is 0 Å². The van der Waals surface area contributed by atoms with Crippen LogP contribution >= 0.6 is 11.8 Å². The third kappa shape index (κ3) is 9.33. The first-order chi connectivity index (χ1) is 6.20. The fourth-order valence-electron chi connectivity index (χ4n) is 0.655. The lowest BCUT2D eigenvalue weighted by molar-refractivity contribution is -0.109. The second-order valence-corrected chi connectivity index (χ2v) is 3.86. The summed E-state index contributed by atoms with van der Waals surface area (Å²) in [4.78, 5) is 11.6. The van der Waals surface area contributed by atoms with Crippen molar-refractivity contribution in [1.29, 1.82) is 0 Å². The van der Waals surface area contributed by atoms with E-state index in [1.54, 1.807) is 6.92 Å². The maximum atomic E-state index is 10.6. The fraction of sp³-hybridized carbons (Fsp3) is 0.417. The van der Waals surface area contributed by atoms with Gasteiger partial charge >= 0.3 is 0 Å². The topological polar surface area (TPSA) is 17.1 Å². The van der Waals surface area contributed by atoms with Gasteiger partial charge in [-0.15, -0.1) is 0 Å². The Bertz CT molecular complexity index is 231. The van der Waals surface area contributed by atoms with E-state index in [9.17, 15) is 4.79 Å². The Morgan fingerprint density at radius 1 is 1.21 bits per heavy atom. The molecule has 0 spiro atoms. The molecule has 0 aliphatic rings. The van der Waals surface area contributed by atoms with Gasteiger partial charge in [0.1, 0.15) is 0 Å². The third-order valence-corrected chi connectivity index (χ3v) is 1.80. The summed E-state index contributed by atoms with van der Waals surface area (Å²) >= 11 is 1.26. The van der Waals surface area contributed by atoms with Crippen LogP contribution in [0.4, 0.5) is 0 Å². The van der Waals surface area contributed by atoms with Crippen LogP contribution in [0.1, 0.15) is 34.6 Å². The van der Waals surface area contributed by atoms with Crippen LogP contribution in [-0.4, -0.2) is 5.12 Å². The summed E-state index contributed by atoms with van der Waals surface area (Å²) in [6.45, 7) is 5.82. The molecule has 0 amide bonds. The zero-order valence-corrected chi connectivity index (χ0v) is 9.23. The van der Waals surface area contributed by atoms with Crippen LogP contribution in [0, 0.1) is 0 Å². The lowest BCUT2D eigenvalue weighted by Gasteiger charge is -1.92. The van der Waals surface area contributed by atoms with E-state index in [0.717, 1.165) is 4.90 Å². The highest BCUT2D eigenvalue weighted by Gasteiger charge is 1.94. The monoisotopic (exact) mass is 212 g/mol. The maximum absolute atomic E-state index is 10.6. The molecule has 0 aliphatic carbocycles. The molecule has 0 radical (unpaired) electrons. The van der Waals surface area contributed by atoms with Gasteiger partial charge in [0.15, 0.2) is 5.12 Å². The van der Waals surface area contributed by atoms with Crippen molar-refractivity contribution in [2.75, 3.05) is 0 Å². The minimum absolute atomic E-state index is 0. The molecule has 0 atom stereocenters. The summed E-state index contributed by atoms with van der Waals surface area (Å²) in [6, 6.07) is 9.62. The van der Waals surface area contributed by atoms with Gasteiger partial charge in [-0.3, -0.25) is 4.79 Å². The van der Waals surface area contributed by atoms with Gasteiger partial charge in [-0.25, -0.2) is 0 Å². The Morgan fingerprint density at radius 3 is 2.00 bits per heavy atom. The first-order valence-corrected chi connectivity index (χ1v) is 5.25. The Morgan fingerprint density at radius 2 is 1.64 bits per heavy atom. The number of carbonyl (C=O) groups is 1. The van der Waals surface area contributed by atoms with Crippen LogP contribution < -0.4 is 0 Å². The molecule has 0 unspecified atom stereocenters. The molecule has 0 N–H and O–H groups in total. The molecular formula is C12H20OS. The molecule has 0 heterocycles. The third-order valence-electron chi connectivity index (χ3n) is 1.00. The van der Waals surface area contributed by atoms with E-state index in [-0.39, 0.29) is 12.5 Å². The standard InChI is InChI=1S/C8H8OS.C3H8.CH4/c1-7(9)10-8-5-3-2-4-6-8;1-3-2;/h2-6H,1H3;3H2,1-2H3;1H4. The molecule has 0 aliphatic heterocycles. The SMILES string of the molecule is C.CC(=O)Sc1ccccc1.CCC. The highest BCUT2D eigenvalue weighted by molar-refractivity contribution is 8.13. The maximum Gasteiger partial charge on any atom is 0.190 e. The van der Waals surface area contributed by atoms with E-state index >= 15 is 0 Å².